The number of benzene rings is 1. The van der Waals surface area contributed by atoms with E-state index in [4.69, 9.17) is 0 Å². The molecule has 5 heteroatoms. The van der Waals surface area contributed by atoms with E-state index in [0.717, 1.165) is 12.8 Å². The second-order valence-electron chi connectivity index (χ2n) is 5.35. The van der Waals surface area contributed by atoms with Gasteiger partial charge in [-0.3, -0.25) is 5.32 Å². The molecule has 0 aliphatic heterocycles. The number of nitrogens with zero attached hydrogens (tertiary/aromatic N) is 1. The van der Waals surface area contributed by atoms with Crippen LogP contribution < -0.4 is 5.32 Å². The fourth-order valence-electron chi connectivity index (χ4n) is 2.77. The third-order valence-corrected chi connectivity index (χ3v) is 3.95. The van der Waals surface area contributed by atoms with Gasteiger partial charge < -0.3 is 0 Å². The van der Waals surface area contributed by atoms with Gasteiger partial charge in [0.15, 0.2) is 0 Å². The van der Waals surface area contributed by atoms with Crippen molar-refractivity contribution in [1.82, 2.24) is 5.32 Å². The van der Waals surface area contributed by atoms with E-state index >= 15 is 0 Å². The Morgan fingerprint density at radius 2 is 1.80 bits per heavy atom. The standard InChI is InChI=1S/C15H17F3N2/c16-15(17,18)11-20-14(10-19)8-6-13(7-9-14)12-4-2-1-3-5-12/h1-5,13,20H,6-9,11H2. The summed E-state index contributed by atoms with van der Waals surface area (Å²) in [5, 5.41) is 11.6. The van der Waals surface area contributed by atoms with Crippen LogP contribution in [0.15, 0.2) is 30.3 Å². The van der Waals surface area contributed by atoms with Crippen LogP contribution in [0.5, 0.6) is 0 Å². The van der Waals surface area contributed by atoms with Gasteiger partial charge in [-0.05, 0) is 37.2 Å². The van der Waals surface area contributed by atoms with Gasteiger partial charge in [0.2, 0.25) is 0 Å². The van der Waals surface area contributed by atoms with E-state index in [9.17, 15) is 18.4 Å². The molecule has 0 atom stereocenters. The summed E-state index contributed by atoms with van der Waals surface area (Å²) in [5.74, 6) is 0.338. The molecule has 0 radical (unpaired) electrons. The molecule has 0 bridgehead atoms. The summed E-state index contributed by atoms with van der Waals surface area (Å²) in [5.41, 5.74) is 0.177. The van der Waals surface area contributed by atoms with E-state index in [1.165, 1.54) is 5.56 Å². The summed E-state index contributed by atoms with van der Waals surface area (Å²) in [7, 11) is 0. The molecule has 1 aliphatic rings. The van der Waals surface area contributed by atoms with Gasteiger partial charge in [0.25, 0.3) is 0 Å². The Hall–Kier alpha value is -1.54. The first-order chi connectivity index (χ1) is 9.44. The second-order valence-corrected chi connectivity index (χ2v) is 5.35. The number of alkyl halides is 3. The van der Waals surface area contributed by atoms with Crippen LogP contribution >= 0.6 is 0 Å². The minimum atomic E-state index is -4.28. The average molecular weight is 282 g/mol. The van der Waals surface area contributed by atoms with Gasteiger partial charge in [0, 0.05) is 0 Å². The van der Waals surface area contributed by atoms with Gasteiger partial charge in [-0.15, -0.1) is 0 Å². The van der Waals surface area contributed by atoms with Gasteiger partial charge in [-0.2, -0.15) is 18.4 Å². The van der Waals surface area contributed by atoms with Crippen LogP contribution in [0.1, 0.15) is 37.2 Å². The Labute approximate surface area is 116 Å². The first kappa shape index (κ1) is 14.9. The summed E-state index contributed by atoms with van der Waals surface area (Å²) in [6, 6.07) is 12.0. The lowest BCUT2D eigenvalue weighted by Crippen LogP contribution is -2.49. The lowest BCUT2D eigenvalue weighted by atomic mass is 9.75. The Kier molecular flexibility index (Phi) is 4.34. The zero-order valence-electron chi connectivity index (χ0n) is 11.1. The highest BCUT2D eigenvalue weighted by Crippen LogP contribution is 2.38. The van der Waals surface area contributed by atoms with Crippen molar-refractivity contribution in [2.24, 2.45) is 0 Å². The van der Waals surface area contributed by atoms with Gasteiger partial charge in [0.1, 0.15) is 5.54 Å². The molecule has 2 nitrogen and oxygen atoms in total. The number of rotatable bonds is 3. The molecule has 1 aliphatic carbocycles. The highest BCUT2D eigenvalue weighted by Gasteiger charge is 2.39. The van der Waals surface area contributed by atoms with Crippen LogP contribution in [0.25, 0.3) is 0 Å². The van der Waals surface area contributed by atoms with Crippen molar-refractivity contribution in [3.8, 4) is 6.07 Å². The largest absolute Gasteiger partial charge is 0.401 e. The Morgan fingerprint density at radius 1 is 1.20 bits per heavy atom. The lowest BCUT2D eigenvalue weighted by Gasteiger charge is -2.36. The summed E-state index contributed by atoms with van der Waals surface area (Å²) < 4.78 is 36.9. The molecule has 1 aromatic rings. The molecule has 1 aromatic carbocycles. The molecule has 20 heavy (non-hydrogen) atoms. The molecule has 0 aromatic heterocycles. The van der Waals surface area contributed by atoms with Crippen molar-refractivity contribution in [3.63, 3.8) is 0 Å². The van der Waals surface area contributed by atoms with Crippen molar-refractivity contribution in [3.05, 3.63) is 35.9 Å². The van der Waals surface area contributed by atoms with Gasteiger partial charge in [-0.25, -0.2) is 0 Å². The topological polar surface area (TPSA) is 35.8 Å². The number of hydrogen-bond donors (Lipinski definition) is 1. The molecule has 1 N–H and O–H groups in total. The predicted octanol–water partition coefficient (Wildman–Crippen LogP) is 3.76. The normalized spacial score (nSPS) is 27.0. The smallest absolute Gasteiger partial charge is 0.291 e. The molecule has 1 fully saturated rings. The van der Waals surface area contributed by atoms with Gasteiger partial charge in [0.05, 0.1) is 12.6 Å². The highest BCUT2D eigenvalue weighted by molar-refractivity contribution is 5.22. The third kappa shape index (κ3) is 3.73. The maximum Gasteiger partial charge on any atom is 0.401 e. The van der Waals surface area contributed by atoms with E-state index < -0.39 is 18.3 Å². The summed E-state index contributed by atoms with van der Waals surface area (Å²) in [6.45, 7) is -1.10. The summed E-state index contributed by atoms with van der Waals surface area (Å²) in [6.07, 6.45) is -1.89. The van der Waals surface area contributed by atoms with Crippen molar-refractivity contribution < 1.29 is 13.2 Å². The van der Waals surface area contributed by atoms with E-state index in [0.29, 0.717) is 18.8 Å². The predicted molar refractivity (Wildman–Crippen MR) is 70.1 cm³/mol. The first-order valence-corrected chi connectivity index (χ1v) is 6.72. The Bertz CT molecular complexity index is 468. The molecule has 0 heterocycles. The molecular formula is C15H17F3N2. The van der Waals surface area contributed by atoms with Crippen molar-refractivity contribution in [2.75, 3.05) is 6.54 Å². The minimum absolute atomic E-state index is 0.338. The second kappa shape index (κ2) is 5.84. The van der Waals surface area contributed by atoms with Crippen molar-refractivity contribution in [2.45, 2.75) is 43.3 Å². The first-order valence-electron chi connectivity index (χ1n) is 6.72. The quantitative estimate of drug-likeness (QED) is 0.916. The average Bonchev–Trinajstić information content (AvgIpc) is 2.46. The fourth-order valence-corrected chi connectivity index (χ4v) is 2.77. The molecule has 0 spiro atoms. The van der Waals surface area contributed by atoms with Crippen molar-refractivity contribution >= 4 is 0 Å². The molecule has 0 unspecified atom stereocenters. The summed E-state index contributed by atoms with van der Waals surface area (Å²) >= 11 is 0. The highest BCUT2D eigenvalue weighted by atomic mass is 19.4. The van der Waals surface area contributed by atoms with Crippen LogP contribution in [0.4, 0.5) is 13.2 Å². The number of nitrogens with one attached hydrogen (secondary N) is 1. The zero-order chi connectivity index (χ0) is 14.6. The Balaban J connectivity index is 1.96. The molecule has 0 amide bonds. The van der Waals surface area contributed by atoms with Gasteiger partial charge in [-0.1, -0.05) is 30.3 Å². The molecule has 2 rings (SSSR count). The SMILES string of the molecule is N#CC1(NCC(F)(F)F)CCC(c2ccccc2)CC1. The molecule has 1 saturated carbocycles. The summed E-state index contributed by atoms with van der Waals surface area (Å²) in [4.78, 5) is 0. The number of nitriles is 1. The number of halogens is 3. The number of hydrogen-bond acceptors (Lipinski definition) is 2. The minimum Gasteiger partial charge on any atom is -0.291 e. The van der Waals surface area contributed by atoms with Crippen LogP contribution in [-0.4, -0.2) is 18.3 Å². The zero-order valence-corrected chi connectivity index (χ0v) is 11.1. The van der Waals surface area contributed by atoms with Crippen LogP contribution in [-0.2, 0) is 0 Å². The van der Waals surface area contributed by atoms with Crippen LogP contribution in [0, 0.1) is 11.3 Å². The van der Waals surface area contributed by atoms with Crippen LogP contribution in [0.3, 0.4) is 0 Å². The van der Waals surface area contributed by atoms with Gasteiger partial charge >= 0.3 is 6.18 Å². The lowest BCUT2D eigenvalue weighted by molar-refractivity contribution is -0.128. The van der Waals surface area contributed by atoms with E-state index in [2.05, 4.69) is 11.4 Å². The monoisotopic (exact) mass is 282 g/mol. The third-order valence-electron chi connectivity index (χ3n) is 3.95. The maximum atomic E-state index is 12.3. The molecular weight excluding hydrogens is 265 g/mol. The van der Waals surface area contributed by atoms with E-state index in [1.54, 1.807) is 0 Å². The molecule has 108 valence electrons. The van der Waals surface area contributed by atoms with Crippen LogP contribution in [0.2, 0.25) is 0 Å². The molecule has 0 saturated heterocycles. The van der Waals surface area contributed by atoms with Crippen molar-refractivity contribution in [1.29, 1.82) is 5.26 Å². The Morgan fingerprint density at radius 3 is 2.30 bits per heavy atom. The van der Waals surface area contributed by atoms with E-state index in [1.807, 2.05) is 30.3 Å². The maximum absolute atomic E-state index is 12.3. The fraction of sp³-hybridized carbons (Fsp3) is 0.533. The van der Waals surface area contributed by atoms with E-state index in [-0.39, 0.29) is 0 Å².